The first-order valence-electron chi connectivity index (χ1n) is 9.43. The number of amides is 1. The van der Waals surface area contributed by atoms with Crippen molar-refractivity contribution in [2.75, 3.05) is 11.5 Å². The van der Waals surface area contributed by atoms with E-state index >= 15 is 0 Å². The first kappa shape index (κ1) is 24.7. The minimum atomic E-state index is -1.00. The lowest BCUT2D eigenvalue weighted by molar-refractivity contribution is -0.107. The van der Waals surface area contributed by atoms with E-state index in [2.05, 4.69) is 15.9 Å². The van der Waals surface area contributed by atoms with Crippen LogP contribution in [-0.2, 0) is 16.1 Å². The molecule has 0 heterocycles. The SMILES string of the molecule is C/C(=C/C(OCc1ccc(F)cc1F)=C(\C)Br)N(C=O)c1ccc(C(O)CO)cc1C. The summed E-state index contributed by atoms with van der Waals surface area (Å²) in [4.78, 5) is 13.2. The van der Waals surface area contributed by atoms with Crippen molar-refractivity contribution in [3.63, 3.8) is 0 Å². The maximum atomic E-state index is 13.9. The van der Waals surface area contributed by atoms with Gasteiger partial charge >= 0.3 is 0 Å². The Kier molecular flexibility index (Phi) is 8.91. The van der Waals surface area contributed by atoms with Gasteiger partial charge in [-0.3, -0.25) is 9.69 Å². The van der Waals surface area contributed by atoms with Crippen LogP contribution in [0.1, 0.15) is 36.6 Å². The monoisotopic (exact) mass is 495 g/mol. The van der Waals surface area contributed by atoms with Crippen LogP contribution >= 0.6 is 15.9 Å². The van der Waals surface area contributed by atoms with Crippen molar-refractivity contribution in [2.45, 2.75) is 33.5 Å². The molecule has 0 aromatic heterocycles. The van der Waals surface area contributed by atoms with E-state index in [1.54, 1.807) is 45.0 Å². The number of benzene rings is 2. The summed E-state index contributed by atoms with van der Waals surface area (Å²) in [6, 6.07) is 8.26. The molecule has 166 valence electrons. The molecule has 0 aliphatic heterocycles. The average Bonchev–Trinajstić information content (AvgIpc) is 2.72. The van der Waals surface area contributed by atoms with Crippen LogP contribution in [0.15, 0.2) is 58.4 Å². The molecular weight excluding hydrogens is 472 g/mol. The van der Waals surface area contributed by atoms with E-state index in [9.17, 15) is 18.7 Å². The predicted octanol–water partition coefficient (Wildman–Crippen LogP) is 5.01. The molecule has 0 fully saturated rings. The Bertz CT molecular complexity index is 1000. The molecule has 8 heteroatoms. The lowest BCUT2D eigenvalue weighted by Crippen LogP contribution is -2.20. The van der Waals surface area contributed by atoms with Gasteiger partial charge in [-0.2, -0.15) is 0 Å². The maximum Gasteiger partial charge on any atom is 0.218 e. The summed E-state index contributed by atoms with van der Waals surface area (Å²) >= 11 is 3.35. The Hall–Kier alpha value is -2.55. The summed E-state index contributed by atoms with van der Waals surface area (Å²) in [7, 11) is 0. The molecule has 0 saturated heterocycles. The molecule has 1 unspecified atom stereocenters. The highest BCUT2D eigenvalue weighted by atomic mass is 79.9. The number of ether oxygens (including phenoxy) is 1. The molecule has 1 atom stereocenters. The molecule has 2 N–H and O–H groups in total. The normalized spacial score (nSPS) is 13.5. The molecule has 0 radical (unpaired) electrons. The Morgan fingerprint density at radius 1 is 1.23 bits per heavy atom. The number of aryl methyl sites for hydroxylation is 1. The number of aliphatic hydroxyl groups excluding tert-OH is 2. The summed E-state index contributed by atoms with van der Waals surface area (Å²) in [5.41, 5.74) is 2.58. The fourth-order valence-electron chi connectivity index (χ4n) is 2.89. The maximum absolute atomic E-state index is 13.9. The number of carbonyl (C=O) groups excluding carboxylic acids is 1. The summed E-state index contributed by atoms with van der Waals surface area (Å²) in [5, 5.41) is 18.9. The standard InChI is InChI=1S/C23H24BrF2NO4/c1-14-8-17(22(30)11-28)5-7-21(14)27(13-29)15(2)9-23(16(3)24)31-12-18-4-6-19(25)10-20(18)26/h4-10,13,22,28,30H,11-12H2,1-3H3/b15-9-,23-16-. The van der Waals surface area contributed by atoms with Crippen LogP contribution in [0.5, 0.6) is 0 Å². The van der Waals surface area contributed by atoms with Crippen molar-refractivity contribution in [1.29, 1.82) is 0 Å². The lowest BCUT2D eigenvalue weighted by atomic mass is 10.0. The van der Waals surface area contributed by atoms with Crippen molar-refractivity contribution in [3.8, 4) is 0 Å². The molecule has 2 aromatic carbocycles. The number of aliphatic hydroxyl groups is 2. The fourth-order valence-corrected chi connectivity index (χ4v) is 3.11. The lowest BCUT2D eigenvalue weighted by Gasteiger charge is -2.22. The minimum absolute atomic E-state index is 0.123. The van der Waals surface area contributed by atoms with E-state index in [0.29, 0.717) is 33.6 Å². The molecule has 2 aromatic rings. The zero-order chi connectivity index (χ0) is 23.1. The number of allylic oxidation sites excluding steroid dienone is 3. The van der Waals surface area contributed by atoms with Crippen LogP contribution in [-0.4, -0.2) is 23.2 Å². The number of carbonyl (C=O) groups is 1. The summed E-state index contributed by atoms with van der Waals surface area (Å²) in [6.07, 6.45) is 1.27. The second kappa shape index (κ2) is 11.2. The fraction of sp³-hybridized carbons (Fsp3) is 0.261. The quantitative estimate of drug-likeness (QED) is 0.291. The smallest absolute Gasteiger partial charge is 0.218 e. The van der Waals surface area contributed by atoms with E-state index in [1.807, 2.05) is 0 Å². The third kappa shape index (κ3) is 6.46. The van der Waals surface area contributed by atoms with Gasteiger partial charge in [0.15, 0.2) is 0 Å². The largest absolute Gasteiger partial charge is 0.488 e. The van der Waals surface area contributed by atoms with Crippen LogP contribution in [0.25, 0.3) is 0 Å². The van der Waals surface area contributed by atoms with Crippen LogP contribution in [0.2, 0.25) is 0 Å². The Balaban J connectivity index is 2.27. The van der Waals surface area contributed by atoms with Crippen molar-refractivity contribution < 1.29 is 28.5 Å². The van der Waals surface area contributed by atoms with Gasteiger partial charge in [0, 0.05) is 27.9 Å². The molecule has 0 spiro atoms. The molecule has 31 heavy (non-hydrogen) atoms. The Labute approximate surface area is 188 Å². The van der Waals surface area contributed by atoms with E-state index in [-0.39, 0.29) is 12.2 Å². The van der Waals surface area contributed by atoms with Gasteiger partial charge in [0.1, 0.15) is 30.1 Å². The van der Waals surface area contributed by atoms with Gasteiger partial charge in [0.05, 0.1) is 12.3 Å². The zero-order valence-corrected chi connectivity index (χ0v) is 19.0. The second-order valence-corrected chi connectivity index (χ2v) is 8.12. The molecular formula is C23H24BrF2NO4. The predicted molar refractivity (Wildman–Crippen MR) is 118 cm³/mol. The highest BCUT2D eigenvalue weighted by Gasteiger charge is 2.15. The summed E-state index contributed by atoms with van der Waals surface area (Å²) in [5.74, 6) is -1.00. The number of nitrogens with zero attached hydrogens (tertiary/aromatic N) is 1. The zero-order valence-electron chi connectivity index (χ0n) is 17.4. The second-order valence-electron chi connectivity index (χ2n) is 6.93. The summed E-state index contributed by atoms with van der Waals surface area (Å²) < 4.78 is 33.3. The van der Waals surface area contributed by atoms with Gasteiger partial charge in [-0.15, -0.1) is 0 Å². The van der Waals surface area contributed by atoms with Crippen LogP contribution in [0, 0.1) is 18.6 Å². The van der Waals surface area contributed by atoms with Crippen molar-refractivity contribution in [2.24, 2.45) is 0 Å². The molecule has 0 aliphatic rings. The molecule has 0 saturated carbocycles. The molecule has 1 amide bonds. The third-order valence-corrected chi connectivity index (χ3v) is 4.99. The molecule has 2 rings (SSSR count). The number of rotatable bonds is 9. The third-order valence-electron chi connectivity index (χ3n) is 4.60. The van der Waals surface area contributed by atoms with E-state index < -0.39 is 24.3 Å². The molecule has 0 bridgehead atoms. The molecule has 0 aliphatic carbocycles. The van der Waals surface area contributed by atoms with Crippen LogP contribution in [0.3, 0.4) is 0 Å². The number of hydrogen-bond donors (Lipinski definition) is 2. The van der Waals surface area contributed by atoms with Crippen LogP contribution in [0.4, 0.5) is 14.5 Å². The Morgan fingerprint density at radius 2 is 1.94 bits per heavy atom. The van der Waals surface area contributed by atoms with Gasteiger partial charge in [0.2, 0.25) is 6.41 Å². The van der Waals surface area contributed by atoms with E-state index in [1.165, 1.54) is 11.0 Å². The van der Waals surface area contributed by atoms with Gasteiger partial charge in [-0.25, -0.2) is 8.78 Å². The van der Waals surface area contributed by atoms with Gasteiger partial charge in [0.25, 0.3) is 0 Å². The number of anilines is 1. The average molecular weight is 496 g/mol. The number of halogens is 3. The van der Waals surface area contributed by atoms with E-state index in [4.69, 9.17) is 9.84 Å². The topological polar surface area (TPSA) is 70.0 Å². The van der Waals surface area contributed by atoms with Gasteiger partial charge in [-0.1, -0.05) is 28.1 Å². The van der Waals surface area contributed by atoms with E-state index in [0.717, 1.165) is 17.7 Å². The highest BCUT2D eigenvalue weighted by Crippen LogP contribution is 2.27. The molecule has 5 nitrogen and oxygen atoms in total. The van der Waals surface area contributed by atoms with Gasteiger partial charge < -0.3 is 14.9 Å². The van der Waals surface area contributed by atoms with Gasteiger partial charge in [-0.05, 0) is 50.1 Å². The van der Waals surface area contributed by atoms with Crippen molar-refractivity contribution >= 4 is 28.0 Å². The van der Waals surface area contributed by atoms with Crippen molar-refractivity contribution in [3.05, 3.63) is 86.7 Å². The summed E-state index contributed by atoms with van der Waals surface area (Å²) in [6.45, 7) is 4.71. The minimum Gasteiger partial charge on any atom is -0.488 e. The van der Waals surface area contributed by atoms with Crippen LogP contribution < -0.4 is 4.90 Å². The highest BCUT2D eigenvalue weighted by molar-refractivity contribution is 9.11. The first-order chi connectivity index (χ1) is 14.7. The Morgan fingerprint density at radius 3 is 2.48 bits per heavy atom. The van der Waals surface area contributed by atoms with Crippen molar-refractivity contribution in [1.82, 2.24) is 0 Å². The first-order valence-corrected chi connectivity index (χ1v) is 10.2. The number of hydrogen-bond acceptors (Lipinski definition) is 4.